The predicted molar refractivity (Wildman–Crippen MR) is 68.7 cm³/mol. The molecule has 1 fully saturated rings. The third-order valence-corrected chi connectivity index (χ3v) is 3.30. The summed E-state index contributed by atoms with van der Waals surface area (Å²) >= 11 is 0. The van der Waals surface area contributed by atoms with Crippen molar-refractivity contribution in [2.45, 2.75) is 32.4 Å². The Morgan fingerprint density at radius 3 is 3.00 bits per heavy atom. The van der Waals surface area contributed by atoms with Gasteiger partial charge in [-0.2, -0.15) is 0 Å². The van der Waals surface area contributed by atoms with Crippen molar-refractivity contribution in [2.24, 2.45) is 0 Å². The number of amides is 1. The first kappa shape index (κ1) is 12.1. The van der Waals surface area contributed by atoms with E-state index in [0.717, 1.165) is 19.5 Å². The predicted octanol–water partition coefficient (Wildman–Crippen LogP) is 1.71. The van der Waals surface area contributed by atoms with E-state index < -0.39 is 0 Å². The summed E-state index contributed by atoms with van der Waals surface area (Å²) in [5.74, 6) is 0.263. The summed E-state index contributed by atoms with van der Waals surface area (Å²) in [5, 5.41) is 3.52. The van der Waals surface area contributed by atoms with Crippen molar-refractivity contribution in [3.8, 4) is 0 Å². The van der Waals surface area contributed by atoms with E-state index in [1.807, 2.05) is 11.9 Å². The van der Waals surface area contributed by atoms with Crippen molar-refractivity contribution in [1.82, 2.24) is 10.2 Å². The van der Waals surface area contributed by atoms with Crippen LogP contribution in [0.4, 0.5) is 0 Å². The third-order valence-electron chi connectivity index (χ3n) is 3.30. The number of nitrogens with one attached hydrogen (secondary N) is 1. The molecule has 0 bridgehead atoms. The number of carbonyl (C=O) groups excluding carboxylic acids is 1. The molecule has 1 amide bonds. The van der Waals surface area contributed by atoms with Gasteiger partial charge in [-0.05, 0) is 18.9 Å². The summed E-state index contributed by atoms with van der Waals surface area (Å²) < 4.78 is 0. The Balaban J connectivity index is 1.84. The Morgan fingerprint density at radius 1 is 1.47 bits per heavy atom. The Labute approximate surface area is 103 Å². The van der Waals surface area contributed by atoms with E-state index >= 15 is 0 Å². The molecular weight excluding hydrogens is 212 g/mol. The first-order valence-electron chi connectivity index (χ1n) is 6.18. The summed E-state index contributed by atoms with van der Waals surface area (Å²) in [7, 11) is 1.88. The van der Waals surface area contributed by atoms with Crippen molar-refractivity contribution in [2.75, 3.05) is 13.6 Å². The van der Waals surface area contributed by atoms with Crippen molar-refractivity contribution >= 4 is 5.91 Å². The largest absolute Gasteiger partial charge is 0.344 e. The number of benzene rings is 1. The van der Waals surface area contributed by atoms with E-state index in [9.17, 15) is 4.79 Å². The van der Waals surface area contributed by atoms with Crippen LogP contribution in [0.5, 0.6) is 0 Å². The zero-order valence-corrected chi connectivity index (χ0v) is 10.6. The van der Waals surface area contributed by atoms with Gasteiger partial charge in [0.1, 0.15) is 0 Å². The van der Waals surface area contributed by atoms with Crippen LogP contribution in [0, 0.1) is 6.92 Å². The highest BCUT2D eigenvalue weighted by molar-refractivity contribution is 5.76. The van der Waals surface area contributed by atoms with Crippen LogP contribution in [0.15, 0.2) is 24.3 Å². The summed E-state index contributed by atoms with van der Waals surface area (Å²) in [5.41, 5.74) is 2.60. The Morgan fingerprint density at radius 2 is 2.29 bits per heavy atom. The van der Waals surface area contributed by atoms with E-state index in [1.54, 1.807) is 0 Å². The molecule has 3 heteroatoms. The highest BCUT2D eigenvalue weighted by Gasteiger charge is 2.21. The van der Waals surface area contributed by atoms with E-state index in [0.29, 0.717) is 12.5 Å². The molecule has 1 aromatic carbocycles. The molecule has 1 atom stereocenters. The summed E-state index contributed by atoms with van der Waals surface area (Å²) in [4.78, 5) is 13.2. The van der Waals surface area contributed by atoms with Crippen LogP contribution >= 0.6 is 0 Å². The topological polar surface area (TPSA) is 32.3 Å². The number of rotatable bonds is 3. The van der Waals surface area contributed by atoms with Crippen LogP contribution < -0.4 is 5.32 Å². The van der Waals surface area contributed by atoms with Crippen LogP contribution in [0.2, 0.25) is 0 Å². The maximum Gasteiger partial charge on any atom is 0.222 e. The Bertz CT molecular complexity index is 403. The molecule has 0 radical (unpaired) electrons. The number of likely N-dealkylation sites (N-methyl/N-ethyl adjacent to an activating group) is 1. The molecule has 92 valence electrons. The number of piperidine rings is 1. The Kier molecular flexibility index (Phi) is 3.79. The zero-order valence-electron chi connectivity index (χ0n) is 10.6. The van der Waals surface area contributed by atoms with Crippen LogP contribution in [0.25, 0.3) is 0 Å². The molecule has 1 heterocycles. The summed E-state index contributed by atoms with van der Waals surface area (Å²) in [6.45, 7) is 3.82. The third kappa shape index (κ3) is 3.30. The standard InChI is InChI=1S/C14H20N2O/c1-11-4-3-5-12(8-11)9-15-13-6-7-14(17)16(2)10-13/h3-5,8,13,15H,6-7,9-10H2,1-2H3. The number of likely N-dealkylation sites (tertiary alicyclic amines) is 1. The molecule has 3 nitrogen and oxygen atoms in total. The van der Waals surface area contributed by atoms with Gasteiger partial charge in [0.05, 0.1) is 0 Å². The number of hydrogen-bond donors (Lipinski definition) is 1. The minimum absolute atomic E-state index is 0.263. The average Bonchev–Trinajstić information content (AvgIpc) is 2.31. The number of nitrogens with zero attached hydrogens (tertiary/aromatic N) is 1. The van der Waals surface area contributed by atoms with Crippen molar-refractivity contribution in [3.63, 3.8) is 0 Å². The molecule has 1 aliphatic rings. The van der Waals surface area contributed by atoms with Gasteiger partial charge >= 0.3 is 0 Å². The molecule has 0 aromatic heterocycles. The second kappa shape index (κ2) is 5.32. The molecular formula is C14H20N2O. The Hall–Kier alpha value is -1.35. The van der Waals surface area contributed by atoms with Gasteiger partial charge in [-0.15, -0.1) is 0 Å². The highest BCUT2D eigenvalue weighted by atomic mass is 16.2. The molecule has 1 aliphatic heterocycles. The fourth-order valence-corrected chi connectivity index (χ4v) is 2.26. The zero-order chi connectivity index (χ0) is 12.3. The quantitative estimate of drug-likeness (QED) is 0.860. The maximum absolute atomic E-state index is 11.4. The van der Waals surface area contributed by atoms with Crippen LogP contribution in [-0.2, 0) is 11.3 Å². The van der Waals surface area contributed by atoms with Gasteiger partial charge in [0, 0.05) is 32.6 Å². The lowest BCUT2D eigenvalue weighted by Gasteiger charge is -2.30. The van der Waals surface area contributed by atoms with Crippen molar-refractivity contribution in [3.05, 3.63) is 35.4 Å². The first-order valence-corrected chi connectivity index (χ1v) is 6.18. The molecule has 1 N–H and O–H groups in total. The molecule has 2 rings (SSSR count). The maximum atomic E-state index is 11.4. The average molecular weight is 232 g/mol. The minimum Gasteiger partial charge on any atom is -0.344 e. The highest BCUT2D eigenvalue weighted by Crippen LogP contribution is 2.11. The first-order chi connectivity index (χ1) is 8.15. The van der Waals surface area contributed by atoms with Crippen LogP contribution in [0.1, 0.15) is 24.0 Å². The minimum atomic E-state index is 0.263. The number of hydrogen-bond acceptors (Lipinski definition) is 2. The van der Waals surface area contributed by atoms with E-state index in [-0.39, 0.29) is 5.91 Å². The smallest absolute Gasteiger partial charge is 0.222 e. The number of carbonyl (C=O) groups is 1. The molecule has 1 unspecified atom stereocenters. The fourth-order valence-electron chi connectivity index (χ4n) is 2.26. The summed E-state index contributed by atoms with van der Waals surface area (Å²) in [6, 6.07) is 8.96. The second-order valence-corrected chi connectivity index (χ2v) is 4.88. The van der Waals surface area contributed by atoms with Crippen molar-refractivity contribution in [1.29, 1.82) is 0 Å². The van der Waals surface area contributed by atoms with Crippen LogP contribution in [0.3, 0.4) is 0 Å². The lowest BCUT2D eigenvalue weighted by molar-refractivity contribution is -0.132. The molecule has 0 spiro atoms. The molecule has 17 heavy (non-hydrogen) atoms. The van der Waals surface area contributed by atoms with Crippen LogP contribution in [-0.4, -0.2) is 30.4 Å². The van der Waals surface area contributed by atoms with Gasteiger partial charge < -0.3 is 10.2 Å². The number of aryl methyl sites for hydroxylation is 1. The molecule has 1 saturated heterocycles. The van der Waals surface area contributed by atoms with Gasteiger partial charge in [0.15, 0.2) is 0 Å². The fraction of sp³-hybridized carbons (Fsp3) is 0.500. The summed E-state index contributed by atoms with van der Waals surface area (Å²) in [6.07, 6.45) is 1.62. The SMILES string of the molecule is Cc1cccc(CNC2CCC(=O)N(C)C2)c1. The molecule has 1 aromatic rings. The second-order valence-electron chi connectivity index (χ2n) is 4.88. The van der Waals surface area contributed by atoms with Gasteiger partial charge in [-0.25, -0.2) is 0 Å². The van der Waals surface area contributed by atoms with Gasteiger partial charge in [0.25, 0.3) is 0 Å². The monoisotopic (exact) mass is 232 g/mol. The van der Waals surface area contributed by atoms with Gasteiger partial charge in [-0.1, -0.05) is 29.8 Å². The molecule has 0 aliphatic carbocycles. The lowest BCUT2D eigenvalue weighted by Crippen LogP contribution is -2.46. The normalized spacial score (nSPS) is 20.7. The van der Waals surface area contributed by atoms with Gasteiger partial charge in [0.2, 0.25) is 5.91 Å². The van der Waals surface area contributed by atoms with E-state index in [1.165, 1.54) is 11.1 Å². The lowest BCUT2D eigenvalue weighted by atomic mass is 10.0. The molecule has 0 saturated carbocycles. The van der Waals surface area contributed by atoms with E-state index in [4.69, 9.17) is 0 Å². The van der Waals surface area contributed by atoms with Crippen molar-refractivity contribution < 1.29 is 4.79 Å². The van der Waals surface area contributed by atoms with Gasteiger partial charge in [-0.3, -0.25) is 4.79 Å². The van der Waals surface area contributed by atoms with E-state index in [2.05, 4.69) is 36.5 Å².